The van der Waals surface area contributed by atoms with Crippen LogP contribution in [-0.2, 0) is 0 Å². The maximum atomic E-state index is 4.59. The number of fused-ring (bicyclic) bond motifs is 2. The second kappa shape index (κ2) is 12.3. The van der Waals surface area contributed by atoms with Crippen LogP contribution in [0, 0.1) is 18.8 Å². The predicted molar refractivity (Wildman–Crippen MR) is 208 cm³/mol. The minimum atomic E-state index is 0.366. The molecular weight excluding hydrogens is 565 g/mol. The molecule has 0 fully saturated rings. The van der Waals surface area contributed by atoms with Gasteiger partial charge in [0, 0.05) is 5.92 Å². The quantitative estimate of drug-likeness (QED) is 0.153. The van der Waals surface area contributed by atoms with E-state index in [2.05, 4.69) is 146 Å². The first-order valence-corrected chi connectivity index (χ1v) is 17.6. The molecule has 0 N–H and O–H groups in total. The van der Waals surface area contributed by atoms with Crippen LogP contribution >= 0.6 is 0 Å². The third kappa shape index (κ3) is 5.53. The number of benzene rings is 5. The summed E-state index contributed by atoms with van der Waals surface area (Å²) in [6.07, 6.45) is 14.2. The average molecular weight is 613 g/mol. The molecule has 0 aromatic heterocycles. The summed E-state index contributed by atoms with van der Waals surface area (Å²) in [5, 5.41) is 8.92. The van der Waals surface area contributed by atoms with E-state index in [-0.39, 0.29) is 0 Å². The van der Waals surface area contributed by atoms with E-state index in [1.54, 1.807) is 0 Å². The van der Waals surface area contributed by atoms with Crippen LogP contribution in [0.4, 0.5) is 0 Å². The van der Waals surface area contributed by atoms with Crippen LogP contribution < -0.4 is 5.22 Å². The first-order valence-electron chi connectivity index (χ1n) is 17.6. The van der Waals surface area contributed by atoms with E-state index in [1.807, 2.05) is 0 Å². The maximum absolute atomic E-state index is 4.59. The van der Waals surface area contributed by atoms with Crippen LogP contribution in [0.5, 0.6) is 0 Å². The van der Waals surface area contributed by atoms with Gasteiger partial charge in [-0.1, -0.05) is 113 Å². The van der Waals surface area contributed by atoms with E-state index in [0.717, 1.165) is 30.9 Å². The van der Waals surface area contributed by atoms with Gasteiger partial charge < -0.3 is 0 Å². The van der Waals surface area contributed by atoms with Gasteiger partial charge >= 0.3 is 0 Å². The summed E-state index contributed by atoms with van der Waals surface area (Å²) in [5.41, 5.74) is 13.7. The molecule has 0 heterocycles. The molecule has 2 unspecified atom stereocenters. The average Bonchev–Trinajstić information content (AvgIpc) is 3.05. The Morgan fingerprint density at radius 2 is 1.66 bits per heavy atom. The third-order valence-electron chi connectivity index (χ3n) is 10.5. The summed E-state index contributed by atoms with van der Waals surface area (Å²) in [4.78, 5) is 0. The van der Waals surface area contributed by atoms with E-state index < -0.39 is 0 Å². The molecule has 0 aliphatic heterocycles. The van der Waals surface area contributed by atoms with Crippen molar-refractivity contribution in [3.63, 3.8) is 0 Å². The molecule has 0 amide bonds. The van der Waals surface area contributed by atoms with E-state index in [9.17, 15) is 0 Å². The van der Waals surface area contributed by atoms with Gasteiger partial charge in [0.2, 0.25) is 0 Å². The van der Waals surface area contributed by atoms with Crippen molar-refractivity contribution in [3.8, 4) is 11.1 Å². The molecule has 0 nitrogen and oxygen atoms in total. The van der Waals surface area contributed by atoms with Gasteiger partial charge in [0.05, 0.1) is 0 Å². The summed E-state index contributed by atoms with van der Waals surface area (Å²) in [5.74, 6) is 1.24. The zero-order chi connectivity index (χ0) is 33.0. The fraction of sp³-hybridized carbons (Fsp3) is 0.277. The van der Waals surface area contributed by atoms with Crippen molar-refractivity contribution in [2.24, 2.45) is 11.8 Å². The van der Waals surface area contributed by atoms with Crippen molar-refractivity contribution in [3.05, 3.63) is 142 Å². The van der Waals surface area contributed by atoms with Crippen LogP contribution in [0.2, 0.25) is 0 Å². The highest BCUT2D eigenvalue weighted by Crippen LogP contribution is 2.46. The Kier molecular flexibility index (Phi) is 8.17. The van der Waals surface area contributed by atoms with Crippen molar-refractivity contribution in [2.45, 2.75) is 73.1 Å². The molecule has 5 aromatic rings. The van der Waals surface area contributed by atoms with Crippen LogP contribution in [0.15, 0.2) is 120 Å². The van der Waals surface area contributed by atoms with Gasteiger partial charge in [0.25, 0.3) is 0 Å². The number of hydrogen-bond acceptors (Lipinski definition) is 0. The smallest absolute Gasteiger partial charge is 0.00622 e. The summed E-state index contributed by atoms with van der Waals surface area (Å²) in [6, 6.07) is 25.7. The molecule has 2 atom stereocenters. The van der Waals surface area contributed by atoms with Gasteiger partial charge in [-0.05, 0) is 157 Å². The predicted octanol–water partition coefficient (Wildman–Crippen LogP) is 13.0. The van der Waals surface area contributed by atoms with Crippen LogP contribution in [0.3, 0.4) is 0 Å². The number of hydrogen-bond donors (Lipinski definition) is 0. The Morgan fingerprint density at radius 3 is 2.43 bits per heavy atom. The lowest BCUT2D eigenvalue weighted by Gasteiger charge is -2.31. The molecule has 0 radical (unpaired) electrons. The van der Waals surface area contributed by atoms with Crippen molar-refractivity contribution in [1.29, 1.82) is 0 Å². The highest BCUT2D eigenvalue weighted by atomic mass is 14.3. The number of rotatable bonds is 8. The molecular formula is C47H48. The molecule has 2 aliphatic carbocycles. The number of allylic oxidation sites excluding steroid dienone is 9. The summed E-state index contributed by atoms with van der Waals surface area (Å²) < 4.78 is 0. The second-order valence-corrected chi connectivity index (χ2v) is 14.6. The standard InChI is InChI=1S/C47H48/c1-9-12-33-15-16-35-17-19-39(29(4)5)45(44(35)23-33)37-24-36-25-38(27-43-32(8)22-31(7)42(26-37)47(36)43)46-40(30(6)21-28(2)3)20-18-34-13-10-11-14-41(34)46/h10-11,13-16,18-20,22-27,29-30,35H,2,7,9,12,17,21H2,1,3-6,8H3. The number of aryl methyl sites for hydroxylation is 1. The van der Waals surface area contributed by atoms with Crippen LogP contribution in [-0.4, -0.2) is 0 Å². The molecule has 47 heavy (non-hydrogen) atoms. The molecule has 0 saturated carbocycles. The largest absolute Gasteiger partial charge is 0.100 e. The fourth-order valence-corrected chi connectivity index (χ4v) is 8.43. The van der Waals surface area contributed by atoms with E-state index in [1.165, 1.54) is 88.0 Å². The normalized spacial score (nSPS) is 17.0. The molecule has 0 bridgehead atoms. The Labute approximate surface area is 281 Å². The molecule has 2 aliphatic rings. The van der Waals surface area contributed by atoms with Gasteiger partial charge in [-0.25, -0.2) is 0 Å². The Bertz CT molecular complexity index is 2240. The highest BCUT2D eigenvalue weighted by Gasteiger charge is 2.27. The molecule has 0 spiro atoms. The summed E-state index contributed by atoms with van der Waals surface area (Å²) in [6.45, 7) is 22.6. The summed E-state index contributed by atoms with van der Waals surface area (Å²) >= 11 is 0. The molecule has 5 aromatic carbocycles. The lowest BCUT2D eigenvalue weighted by Crippen LogP contribution is -2.14. The van der Waals surface area contributed by atoms with Gasteiger partial charge in [-0.2, -0.15) is 0 Å². The molecule has 7 rings (SSSR count). The Balaban J connectivity index is 1.55. The van der Waals surface area contributed by atoms with Gasteiger partial charge in [0.15, 0.2) is 0 Å². The lowest BCUT2D eigenvalue weighted by atomic mass is 9.73. The summed E-state index contributed by atoms with van der Waals surface area (Å²) in [7, 11) is 0. The van der Waals surface area contributed by atoms with Gasteiger partial charge in [0.1, 0.15) is 0 Å². The molecule has 0 heteroatoms. The van der Waals surface area contributed by atoms with E-state index in [4.69, 9.17) is 0 Å². The minimum absolute atomic E-state index is 0.366. The molecule has 0 saturated heterocycles. The van der Waals surface area contributed by atoms with Gasteiger partial charge in [-0.3, -0.25) is 0 Å². The SMILES string of the molecule is C=C(C)CC(C)c1ccc2ccccc2c1-c1cc2cc(C3=C4C=C(CCC)C=CC4CC=C3C(C)C)cc3c(=C)cc(C)c(c1)c23. The van der Waals surface area contributed by atoms with Crippen molar-refractivity contribution >= 4 is 44.5 Å². The third-order valence-corrected chi connectivity index (χ3v) is 10.5. The topological polar surface area (TPSA) is 0 Å². The highest BCUT2D eigenvalue weighted by molar-refractivity contribution is 6.16. The Hall–Kier alpha value is -4.42. The van der Waals surface area contributed by atoms with Crippen LogP contribution in [0.1, 0.15) is 82.9 Å². The van der Waals surface area contributed by atoms with E-state index >= 15 is 0 Å². The minimum Gasteiger partial charge on any atom is -0.100 e. The Morgan fingerprint density at radius 1 is 0.894 bits per heavy atom. The fourth-order valence-electron chi connectivity index (χ4n) is 8.43. The van der Waals surface area contributed by atoms with E-state index in [0.29, 0.717) is 17.8 Å². The van der Waals surface area contributed by atoms with Gasteiger partial charge in [-0.15, -0.1) is 6.58 Å². The van der Waals surface area contributed by atoms with Crippen LogP contribution in [0.25, 0.3) is 55.6 Å². The van der Waals surface area contributed by atoms with Crippen molar-refractivity contribution < 1.29 is 0 Å². The van der Waals surface area contributed by atoms with Crippen molar-refractivity contribution in [2.75, 3.05) is 0 Å². The first kappa shape index (κ1) is 31.2. The van der Waals surface area contributed by atoms with Crippen molar-refractivity contribution in [1.82, 2.24) is 0 Å². The maximum Gasteiger partial charge on any atom is 0.00622 e. The molecule has 236 valence electrons. The zero-order valence-electron chi connectivity index (χ0n) is 29.1. The zero-order valence-corrected chi connectivity index (χ0v) is 29.1. The second-order valence-electron chi connectivity index (χ2n) is 14.6. The first-order chi connectivity index (χ1) is 22.6. The monoisotopic (exact) mass is 612 g/mol. The lowest BCUT2D eigenvalue weighted by molar-refractivity contribution is 0.722.